The first-order valence-corrected chi connectivity index (χ1v) is 8.79. The van der Waals surface area contributed by atoms with Gasteiger partial charge in [-0.2, -0.15) is 0 Å². The molecule has 124 valence electrons. The van der Waals surface area contributed by atoms with E-state index in [1.165, 1.54) is 24.5 Å². The van der Waals surface area contributed by atoms with Gasteiger partial charge in [-0.25, -0.2) is 12.8 Å². The van der Waals surface area contributed by atoms with Gasteiger partial charge in [-0.1, -0.05) is 6.92 Å². The fourth-order valence-corrected chi connectivity index (χ4v) is 3.73. The molecule has 1 heterocycles. The van der Waals surface area contributed by atoms with Crippen molar-refractivity contribution in [2.75, 3.05) is 6.54 Å². The Kier molecular flexibility index (Phi) is 5.54. The number of rotatable bonds is 7. The Bertz CT molecular complexity index is 739. The van der Waals surface area contributed by atoms with E-state index in [2.05, 4.69) is 5.32 Å². The highest BCUT2D eigenvalue weighted by Gasteiger charge is 2.31. The van der Waals surface area contributed by atoms with Crippen LogP contribution in [0.25, 0.3) is 0 Å². The molecule has 1 aromatic heterocycles. The van der Waals surface area contributed by atoms with Crippen molar-refractivity contribution in [2.24, 2.45) is 0 Å². The largest absolute Gasteiger partial charge is 0.468 e. The lowest BCUT2D eigenvalue weighted by Gasteiger charge is -2.16. The number of nitrogens with one attached hydrogen (secondary N) is 1. The molecule has 1 atom stereocenters. The quantitative estimate of drug-likeness (QED) is 0.787. The maximum atomic E-state index is 13.0. The zero-order chi connectivity index (χ0) is 16.9. The third kappa shape index (κ3) is 4.19. The van der Waals surface area contributed by atoms with Gasteiger partial charge in [0.15, 0.2) is 9.84 Å². The Hall–Kier alpha value is -2.15. The van der Waals surface area contributed by atoms with Crippen LogP contribution < -0.4 is 5.32 Å². The van der Waals surface area contributed by atoms with Gasteiger partial charge >= 0.3 is 0 Å². The molecule has 2 aromatic rings. The van der Waals surface area contributed by atoms with Gasteiger partial charge in [0.25, 0.3) is 0 Å². The average molecular weight is 339 g/mol. The maximum absolute atomic E-state index is 13.0. The summed E-state index contributed by atoms with van der Waals surface area (Å²) in [6.45, 7) is 1.75. The number of furan rings is 1. The minimum absolute atomic E-state index is 0.0231. The summed E-state index contributed by atoms with van der Waals surface area (Å²) >= 11 is 0. The number of carbonyl (C=O) groups is 1. The van der Waals surface area contributed by atoms with E-state index >= 15 is 0 Å². The third-order valence-corrected chi connectivity index (χ3v) is 5.42. The van der Waals surface area contributed by atoms with Crippen molar-refractivity contribution in [3.63, 3.8) is 0 Å². The standard InChI is InChI=1S/C16H18FNO4S/c1-2-4-16(19)18-11-15(14-5-3-10-22-14)23(20,21)13-8-6-12(17)7-9-13/h3,5-10,15H,2,4,11H2,1H3,(H,18,19)/t15-/m0/s1. The normalized spacial score (nSPS) is 12.8. The lowest BCUT2D eigenvalue weighted by Crippen LogP contribution is -2.31. The fourth-order valence-electron chi connectivity index (χ4n) is 2.15. The van der Waals surface area contributed by atoms with Crippen molar-refractivity contribution < 1.29 is 22.0 Å². The molecular formula is C16H18FNO4S. The van der Waals surface area contributed by atoms with Crippen molar-refractivity contribution in [2.45, 2.75) is 29.9 Å². The van der Waals surface area contributed by atoms with Gasteiger partial charge in [0.2, 0.25) is 5.91 Å². The van der Waals surface area contributed by atoms with E-state index in [0.717, 1.165) is 12.1 Å². The Morgan fingerprint density at radius 2 is 1.96 bits per heavy atom. The van der Waals surface area contributed by atoms with E-state index in [1.807, 2.05) is 6.92 Å². The van der Waals surface area contributed by atoms with Crippen LogP contribution in [0, 0.1) is 5.82 Å². The van der Waals surface area contributed by atoms with Gasteiger partial charge in [-0.15, -0.1) is 0 Å². The Balaban J connectivity index is 2.29. The zero-order valence-corrected chi connectivity index (χ0v) is 13.5. The van der Waals surface area contributed by atoms with Gasteiger partial charge < -0.3 is 9.73 Å². The van der Waals surface area contributed by atoms with Crippen LogP contribution in [0.1, 0.15) is 30.8 Å². The average Bonchev–Trinajstić information content (AvgIpc) is 3.02. The first-order chi connectivity index (χ1) is 10.9. The van der Waals surface area contributed by atoms with Gasteiger partial charge in [0.1, 0.15) is 16.8 Å². The summed E-state index contributed by atoms with van der Waals surface area (Å²) in [5.74, 6) is -0.515. The Labute approximate surface area is 134 Å². The number of halogens is 1. The highest BCUT2D eigenvalue weighted by Crippen LogP contribution is 2.29. The number of amides is 1. The molecule has 2 rings (SSSR count). The smallest absolute Gasteiger partial charge is 0.220 e. The molecule has 0 saturated carbocycles. The second kappa shape index (κ2) is 7.41. The Morgan fingerprint density at radius 3 is 2.52 bits per heavy atom. The number of hydrogen-bond acceptors (Lipinski definition) is 4. The molecule has 1 amide bonds. The third-order valence-electron chi connectivity index (χ3n) is 3.34. The van der Waals surface area contributed by atoms with E-state index in [9.17, 15) is 17.6 Å². The molecule has 0 saturated heterocycles. The Morgan fingerprint density at radius 1 is 1.26 bits per heavy atom. The molecule has 0 radical (unpaired) electrons. The number of benzene rings is 1. The van der Waals surface area contributed by atoms with Gasteiger partial charge in [-0.3, -0.25) is 4.79 Å². The highest BCUT2D eigenvalue weighted by atomic mass is 32.2. The second-order valence-electron chi connectivity index (χ2n) is 5.06. The summed E-state index contributed by atoms with van der Waals surface area (Å²) in [6.07, 6.45) is 2.36. The second-order valence-corrected chi connectivity index (χ2v) is 7.19. The first kappa shape index (κ1) is 17.2. The zero-order valence-electron chi connectivity index (χ0n) is 12.7. The summed E-state index contributed by atoms with van der Waals surface area (Å²) in [5, 5.41) is 1.54. The van der Waals surface area contributed by atoms with Crippen LogP contribution in [0.4, 0.5) is 4.39 Å². The van der Waals surface area contributed by atoms with Crippen LogP contribution in [0.2, 0.25) is 0 Å². The van der Waals surface area contributed by atoms with Crippen LogP contribution in [-0.2, 0) is 14.6 Å². The van der Waals surface area contributed by atoms with E-state index in [-0.39, 0.29) is 23.1 Å². The molecule has 1 N–H and O–H groups in total. The highest BCUT2D eigenvalue weighted by molar-refractivity contribution is 7.91. The van der Waals surface area contributed by atoms with E-state index in [1.54, 1.807) is 6.07 Å². The molecule has 0 aliphatic heterocycles. The molecule has 0 unspecified atom stereocenters. The molecule has 0 aliphatic carbocycles. The molecule has 0 spiro atoms. The summed E-state index contributed by atoms with van der Waals surface area (Å²) < 4.78 is 43.8. The van der Waals surface area contributed by atoms with Crippen molar-refractivity contribution in [3.8, 4) is 0 Å². The van der Waals surface area contributed by atoms with Crippen LogP contribution >= 0.6 is 0 Å². The molecule has 7 heteroatoms. The number of sulfone groups is 1. The van der Waals surface area contributed by atoms with Crippen molar-refractivity contribution in [1.82, 2.24) is 5.32 Å². The first-order valence-electron chi connectivity index (χ1n) is 7.24. The van der Waals surface area contributed by atoms with Crippen LogP contribution in [0.5, 0.6) is 0 Å². The molecule has 0 aliphatic rings. The van der Waals surface area contributed by atoms with Crippen molar-refractivity contribution >= 4 is 15.7 Å². The topological polar surface area (TPSA) is 76.4 Å². The fraction of sp³-hybridized carbons (Fsp3) is 0.312. The molecule has 5 nitrogen and oxygen atoms in total. The monoisotopic (exact) mass is 339 g/mol. The van der Waals surface area contributed by atoms with E-state index in [4.69, 9.17) is 4.42 Å². The molecule has 23 heavy (non-hydrogen) atoms. The van der Waals surface area contributed by atoms with Crippen LogP contribution in [-0.4, -0.2) is 20.9 Å². The minimum Gasteiger partial charge on any atom is -0.468 e. The predicted molar refractivity (Wildman–Crippen MR) is 83.0 cm³/mol. The summed E-state index contributed by atoms with van der Waals surface area (Å²) in [6, 6.07) is 7.69. The lowest BCUT2D eigenvalue weighted by atomic mass is 10.3. The molecular weight excluding hydrogens is 321 g/mol. The summed E-state index contributed by atoms with van der Waals surface area (Å²) in [4.78, 5) is 11.6. The van der Waals surface area contributed by atoms with Crippen molar-refractivity contribution in [1.29, 1.82) is 0 Å². The predicted octanol–water partition coefficient (Wildman–Crippen LogP) is 2.85. The molecule has 1 aromatic carbocycles. The number of hydrogen-bond donors (Lipinski definition) is 1. The summed E-state index contributed by atoms with van der Waals surface area (Å²) in [7, 11) is -3.83. The van der Waals surface area contributed by atoms with E-state index < -0.39 is 20.9 Å². The lowest BCUT2D eigenvalue weighted by molar-refractivity contribution is -0.121. The summed E-state index contributed by atoms with van der Waals surface area (Å²) in [5.41, 5.74) is 0. The van der Waals surface area contributed by atoms with E-state index in [0.29, 0.717) is 12.8 Å². The van der Waals surface area contributed by atoms with Crippen LogP contribution in [0.15, 0.2) is 52.0 Å². The van der Waals surface area contributed by atoms with Gasteiger partial charge in [0, 0.05) is 13.0 Å². The van der Waals surface area contributed by atoms with Gasteiger partial charge in [-0.05, 0) is 42.8 Å². The number of carbonyl (C=O) groups excluding carboxylic acids is 1. The van der Waals surface area contributed by atoms with Crippen LogP contribution in [0.3, 0.4) is 0 Å². The SMILES string of the molecule is CCCC(=O)NC[C@@H](c1ccco1)S(=O)(=O)c1ccc(F)cc1. The minimum atomic E-state index is -3.83. The molecule has 0 fully saturated rings. The molecule has 0 bridgehead atoms. The van der Waals surface area contributed by atoms with Gasteiger partial charge in [0.05, 0.1) is 11.2 Å². The van der Waals surface area contributed by atoms with Crippen molar-refractivity contribution in [3.05, 3.63) is 54.2 Å². The maximum Gasteiger partial charge on any atom is 0.220 e.